The normalized spacial score (nSPS) is 22.5. The van der Waals surface area contributed by atoms with Gasteiger partial charge in [0.2, 0.25) is 0 Å². The van der Waals surface area contributed by atoms with Crippen LogP contribution in [0.3, 0.4) is 0 Å². The van der Waals surface area contributed by atoms with Gasteiger partial charge in [0.1, 0.15) is 12.5 Å². The van der Waals surface area contributed by atoms with E-state index < -0.39 is 17.9 Å². The monoisotopic (exact) mass is 818 g/mol. The number of fused-ring (bicyclic) bond motifs is 8. The van der Waals surface area contributed by atoms with Crippen molar-refractivity contribution in [2.45, 2.75) is 119 Å². The van der Waals surface area contributed by atoms with E-state index in [1.54, 1.807) is 0 Å². The molecule has 10 heteroatoms. The Labute approximate surface area is 354 Å². The van der Waals surface area contributed by atoms with E-state index in [4.69, 9.17) is 9.47 Å². The maximum atomic E-state index is 14.4. The molecule has 5 atom stereocenters. The number of allylic oxidation sites excluding steroid dienone is 2. The number of carbonyl (C=O) groups is 3. The smallest absolute Gasteiger partial charge is 0.320 e. The Bertz CT molecular complexity index is 2450. The number of nitrogens with one attached hydrogen (secondary N) is 4. The summed E-state index contributed by atoms with van der Waals surface area (Å²) in [7, 11) is 1.31. The Balaban J connectivity index is 1.34. The van der Waals surface area contributed by atoms with Crippen LogP contribution in [0.15, 0.2) is 23.9 Å². The first-order chi connectivity index (χ1) is 28.7. The lowest BCUT2D eigenvalue weighted by Crippen LogP contribution is -2.38. The van der Waals surface area contributed by atoms with Gasteiger partial charge in [0.15, 0.2) is 5.78 Å². The van der Waals surface area contributed by atoms with E-state index in [9.17, 15) is 19.5 Å². The third kappa shape index (κ3) is 8.93. The largest absolute Gasteiger partial charge is 0.515 e. The van der Waals surface area contributed by atoms with Gasteiger partial charge in [-0.2, -0.15) is 0 Å². The number of H-pyrrole nitrogens is 3. The van der Waals surface area contributed by atoms with Gasteiger partial charge in [-0.1, -0.05) is 78.5 Å². The molecule has 1 fully saturated rings. The van der Waals surface area contributed by atoms with Crippen molar-refractivity contribution >= 4 is 53.9 Å². The van der Waals surface area contributed by atoms with Crippen molar-refractivity contribution in [3.8, 4) is 0 Å². The molecule has 0 amide bonds. The topological polar surface area (TPSA) is 149 Å². The van der Waals surface area contributed by atoms with Crippen molar-refractivity contribution in [2.24, 2.45) is 29.6 Å². The number of aliphatic hydroxyl groups is 1. The Morgan fingerprint density at radius 1 is 0.950 bits per heavy atom. The van der Waals surface area contributed by atoms with Crippen molar-refractivity contribution in [3.05, 3.63) is 90.1 Å². The van der Waals surface area contributed by atoms with E-state index in [2.05, 4.69) is 67.5 Å². The number of hydrogen-bond acceptors (Lipinski definition) is 7. The van der Waals surface area contributed by atoms with Crippen LogP contribution in [-0.4, -0.2) is 57.5 Å². The van der Waals surface area contributed by atoms with Crippen LogP contribution in [0.25, 0.3) is 36.1 Å². The third-order valence-electron chi connectivity index (χ3n) is 13.3. The highest BCUT2D eigenvalue weighted by Crippen LogP contribution is 2.42. The second kappa shape index (κ2) is 19.0. The quantitative estimate of drug-likeness (QED) is 0.0591. The number of ether oxygens (including phenoxy) is 2. The van der Waals surface area contributed by atoms with Crippen LogP contribution in [0.1, 0.15) is 143 Å². The van der Waals surface area contributed by atoms with Crippen LogP contribution < -0.4 is 26.6 Å². The van der Waals surface area contributed by atoms with Crippen LogP contribution in [-0.2, 0) is 25.5 Å². The lowest BCUT2D eigenvalue weighted by Gasteiger charge is -2.25. The standard InChI is InChI=1S/C50H66N4O6/c1-11-33-30(7)37-23-38-31(8)35(19-20-43(56)60-22-21-29(6)18-14-17-28(5)16-13-15-27(3)4)47(53-38)45-46(50(58)59-10)49(57)44-32(9)39(54-48(44)45)24-41-34(12-2)36(26-55)42(52-41)25-40(33)51-37/h11,21,23-28,31,35,46-47,51-55H,1,12-20,22H2,2-10H3/b29-21-,36-26-,38-23-,39-24-,42-25-/t28-,31+,35+,46-,47?/m1/s1. The maximum Gasteiger partial charge on any atom is 0.320 e. The minimum atomic E-state index is -1.14. The first-order valence-electron chi connectivity index (χ1n) is 22.0. The van der Waals surface area contributed by atoms with Gasteiger partial charge in [-0.05, 0) is 111 Å². The molecule has 5 N–H and O–H groups in total. The van der Waals surface area contributed by atoms with Gasteiger partial charge in [0, 0.05) is 56.8 Å². The lowest BCUT2D eigenvalue weighted by atomic mass is 9.80. The summed E-state index contributed by atoms with van der Waals surface area (Å²) in [5, 5.41) is 17.0. The number of aromatic nitrogens is 3. The van der Waals surface area contributed by atoms with E-state index in [1.807, 2.05) is 45.1 Å². The number of carbonyl (C=O) groups excluding carboxylic acids is 3. The van der Waals surface area contributed by atoms with Crippen molar-refractivity contribution in [1.29, 1.82) is 0 Å². The predicted octanol–water partition coefficient (Wildman–Crippen LogP) is 7.06. The summed E-state index contributed by atoms with van der Waals surface area (Å²) in [4.78, 5) is 52.0. The molecule has 5 heterocycles. The minimum absolute atomic E-state index is 0.0870. The molecular weight excluding hydrogens is 753 g/mol. The highest BCUT2D eigenvalue weighted by atomic mass is 16.5. The summed E-state index contributed by atoms with van der Waals surface area (Å²) in [5.41, 5.74) is 9.30. The maximum absolute atomic E-state index is 14.4. The number of aromatic amines is 3. The van der Waals surface area contributed by atoms with E-state index >= 15 is 0 Å². The summed E-state index contributed by atoms with van der Waals surface area (Å²) in [5.74, 6) is -1.13. The van der Waals surface area contributed by atoms with Crippen molar-refractivity contribution in [3.63, 3.8) is 0 Å². The second-order valence-electron chi connectivity index (χ2n) is 17.8. The highest BCUT2D eigenvalue weighted by molar-refractivity contribution is 6.19. The number of ketones is 1. The number of Topliss-reactive ketones (excluding diaryl/α,β-unsaturated/α-hetero) is 1. The Morgan fingerprint density at radius 2 is 1.68 bits per heavy atom. The van der Waals surface area contributed by atoms with Gasteiger partial charge < -0.3 is 34.8 Å². The molecule has 60 heavy (non-hydrogen) atoms. The number of hydrogen-bond donors (Lipinski definition) is 5. The van der Waals surface area contributed by atoms with E-state index in [0.717, 1.165) is 86.7 Å². The van der Waals surface area contributed by atoms with Gasteiger partial charge in [0.05, 0.1) is 30.1 Å². The van der Waals surface area contributed by atoms with Crippen molar-refractivity contribution in [2.75, 3.05) is 13.7 Å². The van der Waals surface area contributed by atoms with Gasteiger partial charge in [-0.3, -0.25) is 14.4 Å². The molecule has 1 unspecified atom stereocenters. The summed E-state index contributed by atoms with van der Waals surface area (Å²) in [6.07, 6.45) is 19.5. The van der Waals surface area contributed by atoms with Crippen LogP contribution in [0.2, 0.25) is 0 Å². The fourth-order valence-electron chi connectivity index (χ4n) is 9.70. The summed E-state index contributed by atoms with van der Waals surface area (Å²) < 4.78 is 11.1. The zero-order valence-corrected chi connectivity index (χ0v) is 37.2. The van der Waals surface area contributed by atoms with Crippen LogP contribution in [0.4, 0.5) is 0 Å². The summed E-state index contributed by atoms with van der Waals surface area (Å²) in [6, 6.07) is -0.471. The van der Waals surface area contributed by atoms with Gasteiger partial charge >= 0.3 is 11.9 Å². The second-order valence-corrected chi connectivity index (χ2v) is 17.8. The highest BCUT2D eigenvalue weighted by Gasteiger charge is 2.49. The van der Waals surface area contributed by atoms with Gasteiger partial charge in [-0.15, -0.1) is 0 Å². The Morgan fingerprint density at radius 3 is 2.37 bits per heavy atom. The van der Waals surface area contributed by atoms with E-state index in [0.29, 0.717) is 34.5 Å². The first kappa shape index (κ1) is 44.3. The van der Waals surface area contributed by atoms with Gasteiger partial charge in [0.25, 0.3) is 0 Å². The third-order valence-corrected chi connectivity index (χ3v) is 13.3. The fourth-order valence-corrected chi connectivity index (χ4v) is 9.70. The SMILES string of the molecule is C=Cc1c2[nH]c(c1C)/C=C1\NC(C3=c4[nH]/c(c(C)c4C(=O)[C@@H]3C(=O)OC)=C\c3[nH]c(/c(=C\O)c3CC)=C\2)[C@@H](CCC(=O)OC/C=C(/C)CCC[C@H](C)CCCC(C)C)[C@@H]1C. The molecule has 1 aliphatic carbocycles. The molecule has 0 spiro atoms. The summed E-state index contributed by atoms with van der Waals surface area (Å²) in [6.45, 7) is 21.5. The molecule has 0 aromatic carbocycles. The van der Waals surface area contributed by atoms with Crippen LogP contribution in [0, 0.1) is 43.4 Å². The molecule has 8 bridgehead atoms. The molecule has 10 nitrogen and oxygen atoms in total. The molecule has 2 aliphatic heterocycles. The zero-order chi connectivity index (χ0) is 43.4. The molecule has 0 saturated carbocycles. The lowest BCUT2D eigenvalue weighted by molar-refractivity contribution is -0.143. The molecule has 3 aromatic heterocycles. The van der Waals surface area contributed by atoms with Crippen LogP contribution in [0.5, 0.6) is 0 Å². The molecule has 6 rings (SSSR count). The molecule has 1 saturated heterocycles. The fraction of sp³-hybridized carbons (Fsp3) is 0.500. The molecule has 3 aliphatic rings. The van der Waals surface area contributed by atoms with E-state index in [1.165, 1.54) is 38.4 Å². The summed E-state index contributed by atoms with van der Waals surface area (Å²) >= 11 is 0. The number of esters is 2. The molecule has 0 radical (unpaired) electrons. The Hall–Kier alpha value is -5.25. The van der Waals surface area contributed by atoms with Crippen LogP contribution >= 0.6 is 0 Å². The van der Waals surface area contributed by atoms with E-state index in [-0.39, 0.29) is 36.6 Å². The van der Waals surface area contributed by atoms with Gasteiger partial charge in [-0.25, -0.2) is 0 Å². The average molecular weight is 819 g/mol. The number of rotatable bonds is 16. The van der Waals surface area contributed by atoms with Crippen molar-refractivity contribution < 1.29 is 29.0 Å². The van der Waals surface area contributed by atoms with Crippen molar-refractivity contribution in [1.82, 2.24) is 20.3 Å². The Kier molecular flexibility index (Phi) is 14.0. The first-order valence-corrected chi connectivity index (χ1v) is 22.0. The molecule has 3 aromatic rings. The number of aliphatic hydroxyl groups excluding tert-OH is 1. The molecule has 322 valence electrons. The predicted molar refractivity (Wildman–Crippen MR) is 241 cm³/mol. The number of methoxy groups -OCH3 is 1. The molecular formula is C50H66N4O6. The minimum Gasteiger partial charge on any atom is -0.515 e. The average Bonchev–Trinajstić information content (AvgIpc) is 3.96. The zero-order valence-electron chi connectivity index (χ0n) is 37.2.